The number of aromatic hydroxyl groups is 9. The number of rotatable bonds is 8. The van der Waals surface area contributed by atoms with Gasteiger partial charge in [-0.05, 0) is 129 Å². The van der Waals surface area contributed by atoms with E-state index in [4.69, 9.17) is 14.2 Å². The van der Waals surface area contributed by atoms with Gasteiger partial charge in [0.1, 0.15) is 75.8 Å². The van der Waals surface area contributed by atoms with Gasteiger partial charge in [0, 0.05) is 34.9 Å². The molecule has 3 heterocycles. The highest BCUT2D eigenvalue weighted by atomic mass is 16.5. The first kappa shape index (κ1) is 41.8. The average Bonchev–Trinajstić information content (AvgIpc) is 4.00. The Hall–Kier alpha value is -8.90. The van der Waals surface area contributed by atoms with Crippen molar-refractivity contribution >= 4 is 12.2 Å². The minimum Gasteiger partial charge on any atom is -0.508 e. The topological polar surface area (TPSA) is 210 Å². The molecular formula is C56H42O12. The van der Waals surface area contributed by atoms with Crippen LogP contribution in [0.2, 0.25) is 0 Å². The van der Waals surface area contributed by atoms with Crippen LogP contribution in [0.3, 0.4) is 0 Å². The molecule has 0 spiro atoms. The molecule has 338 valence electrons. The second-order valence-electron chi connectivity index (χ2n) is 17.4. The lowest BCUT2D eigenvalue weighted by Gasteiger charge is -2.22. The number of benzene rings is 8. The normalized spacial score (nSPS) is 20.0. The van der Waals surface area contributed by atoms with Crippen molar-refractivity contribution in [3.8, 4) is 69.0 Å². The molecule has 0 saturated heterocycles. The van der Waals surface area contributed by atoms with Gasteiger partial charge in [0.2, 0.25) is 0 Å². The molecule has 0 aliphatic carbocycles. The fourth-order valence-electron chi connectivity index (χ4n) is 10.1. The first-order chi connectivity index (χ1) is 32.8. The van der Waals surface area contributed by atoms with Gasteiger partial charge in [-0.15, -0.1) is 0 Å². The van der Waals surface area contributed by atoms with Gasteiger partial charge in [-0.2, -0.15) is 0 Å². The number of hydrogen-bond acceptors (Lipinski definition) is 12. The highest BCUT2D eigenvalue weighted by Gasteiger charge is 2.43. The van der Waals surface area contributed by atoms with Crippen molar-refractivity contribution in [2.24, 2.45) is 0 Å². The Kier molecular flexibility index (Phi) is 9.96. The Morgan fingerprint density at radius 2 is 0.779 bits per heavy atom. The fraction of sp³-hybridized carbons (Fsp3) is 0.107. The Labute approximate surface area is 389 Å². The standard InChI is InChI=1S/C56H42O12/c57-36-10-4-29(5-11-36)53-49(35-23-45-50(33-19-39(60)25-40(61)20-33)54(68-56(45)46(65)24-35)30-6-12-37(58)13-7-30)44-17-28(2-16-47(44)66-53)1-3-32-18-43(64)27-48-51(32)52(34-21-41(62)26-42(63)22-34)55(67-48)31-8-14-38(59)15-9-31/h1-27,49-50,52-55,57-65H. The first-order valence-corrected chi connectivity index (χ1v) is 21.8. The van der Waals surface area contributed by atoms with Gasteiger partial charge in [-0.1, -0.05) is 60.7 Å². The number of phenols is 9. The van der Waals surface area contributed by atoms with E-state index in [1.165, 1.54) is 18.2 Å². The predicted octanol–water partition coefficient (Wildman–Crippen LogP) is 11.0. The maximum atomic E-state index is 11.9. The molecule has 0 aromatic heterocycles. The number of phenolic OH excluding ortho intramolecular Hbond substituents is 9. The molecule has 8 aromatic carbocycles. The summed E-state index contributed by atoms with van der Waals surface area (Å²) in [6.45, 7) is 0. The lowest BCUT2D eigenvalue weighted by atomic mass is 9.80. The Bertz CT molecular complexity index is 3250. The maximum Gasteiger partial charge on any atom is 0.165 e. The molecule has 0 saturated carbocycles. The zero-order valence-electron chi connectivity index (χ0n) is 35.8. The summed E-state index contributed by atoms with van der Waals surface area (Å²) in [5.41, 5.74) is 7.39. The molecule has 9 N–H and O–H groups in total. The molecule has 3 aliphatic rings. The van der Waals surface area contributed by atoms with Crippen LogP contribution in [0, 0.1) is 0 Å². The molecule has 6 atom stereocenters. The predicted molar refractivity (Wildman–Crippen MR) is 251 cm³/mol. The second kappa shape index (κ2) is 16.2. The summed E-state index contributed by atoms with van der Waals surface area (Å²) in [5.74, 6) is -1.03. The van der Waals surface area contributed by atoms with E-state index in [0.29, 0.717) is 50.4 Å². The molecule has 0 radical (unpaired) electrons. The third kappa shape index (κ3) is 7.47. The number of ether oxygens (including phenoxy) is 3. The third-order valence-electron chi connectivity index (χ3n) is 13.0. The van der Waals surface area contributed by atoms with Gasteiger partial charge in [0.25, 0.3) is 0 Å². The van der Waals surface area contributed by atoms with Gasteiger partial charge < -0.3 is 60.2 Å². The van der Waals surface area contributed by atoms with Gasteiger partial charge in [0.15, 0.2) is 11.5 Å². The smallest absolute Gasteiger partial charge is 0.165 e. The molecule has 3 aliphatic heterocycles. The zero-order valence-corrected chi connectivity index (χ0v) is 35.8. The van der Waals surface area contributed by atoms with Gasteiger partial charge in [0.05, 0.1) is 17.8 Å². The fourth-order valence-corrected chi connectivity index (χ4v) is 10.1. The van der Waals surface area contributed by atoms with E-state index in [2.05, 4.69) is 0 Å². The lowest BCUT2D eigenvalue weighted by Crippen LogP contribution is -2.13. The monoisotopic (exact) mass is 906 g/mol. The SMILES string of the molecule is Oc1ccc(C2Oc3ccc(C=Cc4cc(O)cc5c4C(c4cc(O)cc(O)c4)C(c4ccc(O)cc4)O5)cc3C2c2cc(O)c3c(c2)C(c2cc(O)cc(O)c2)C(c2ccc(O)cc2)O3)cc1. The summed E-state index contributed by atoms with van der Waals surface area (Å²) in [7, 11) is 0. The molecule has 6 unspecified atom stereocenters. The van der Waals surface area contributed by atoms with E-state index in [0.717, 1.165) is 22.3 Å². The van der Waals surface area contributed by atoms with Crippen LogP contribution in [0.5, 0.6) is 69.0 Å². The van der Waals surface area contributed by atoms with E-state index in [9.17, 15) is 46.0 Å². The summed E-state index contributed by atoms with van der Waals surface area (Å²) in [6, 6.07) is 41.1. The Morgan fingerprint density at radius 1 is 0.324 bits per heavy atom. The highest BCUT2D eigenvalue weighted by molar-refractivity contribution is 5.76. The van der Waals surface area contributed by atoms with Gasteiger partial charge in [-0.25, -0.2) is 0 Å². The van der Waals surface area contributed by atoms with Crippen LogP contribution in [0.4, 0.5) is 0 Å². The average molecular weight is 907 g/mol. The van der Waals surface area contributed by atoms with Crippen LogP contribution in [-0.4, -0.2) is 46.0 Å². The van der Waals surface area contributed by atoms with Crippen LogP contribution >= 0.6 is 0 Å². The van der Waals surface area contributed by atoms with Crippen molar-refractivity contribution in [2.75, 3.05) is 0 Å². The van der Waals surface area contributed by atoms with Crippen molar-refractivity contribution in [2.45, 2.75) is 36.1 Å². The highest BCUT2D eigenvalue weighted by Crippen LogP contribution is 2.58. The molecule has 11 rings (SSSR count). The molecule has 0 fully saturated rings. The van der Waals surface area contributed by atoms with Crippen molar-refractivity contribution < 1.29 is 60.2 Å². The van der Waals surface area contributed by atoms with E-state index in [1.807, 2.05) is 36.4 Å². The molecule has 68 heavy (non-hydrogen) atoms. The molecule has 12 heteroatoms. The minimum atomic E-state index is -0.719. The largest absolute Gasteiger partial charge is 0.508 e. The Balaban J connectivity index is 1.02. The summed E-state index contributed by atoms with van der Waals surface area (Å²) < 4.78 is 19.8. The quantitative estimate of drug-likeness (QED) is 0.0652. The molecule has 8 aromatic rings. The van der Waals surface area contributed by atoms with E-state index in [1.54, 1.807) is 109 Å². The molecule has 0 amide bonds. The van der Waals surface area contributed by atoms with E-state index in [-0.39, 0.29) is 57.5 Å². The van der Waals surface area contributed by atoms with E-state index >= 15 is 0 Å². The minimum absolute atomic E-state index is 0.0429. The first-order valence-electron chi connectivity index (χ1n) is 21.8. The second-order valence-corrected chi connectivity index (χ2v) is 17.4. The van der Waals surface area contributed by atoms with Crippen LogP contribution in [0.25, 0.3) is 12.2 Å². The number of hydrogen-bond donors (Lipinski definition) is 9. The van der Waals surface area contributed by atoms with Crippen molar-refractivity contribution in [1.82, 2.24) is 0 Å². The van der Waals surface area contributed by atoms with Crippen LogP contribution in [-0.2, 0) is 0 Å². The summed E-state index contributed by atoms with van der Waals surface area (Å²) in [4.78, 5) is 0. The van der Waals surface area contributed by atoms with Gasteiger partial charge >= 0.3 is 0 Å². The Morgan fingerprint density at radius 3 is 1.34 bits per heavy atom. The lowest BCUT2D eigenvalue weighted by molar-refractivity contribution is 0.214. The summed E-state index contributed by atoms with van der Waals surface area (Å²) in [6.07, 6.45) is 1.76. The molecule has 0 bridgehead atoms. The van der Waals surface area contributed by atoms with Crippen molar-refractivity contribution in [3.63, 3.8) is 0 Å². The van der Waals surface area contributed by atoms with Gasteiger partial charge in [-0.3, -0.25) is 0 Å². The maximum absolute atomic E-state index is 11.9. The van der Waals surface area contributed by atoms with Crippen molar-refractivity contribution in [1.29, 1.82) is 0 Å². The third-order valence-corrected chi connectivity index (χ3v) is 13.0. The van der Waals surface area contributed by atoms with Crippen LogP contribution < -0.4 is 14.2 Å². The van der Waals surface area contributed by atoms with Crippen molar-refractivity contribution in [3.05, 3.63) is 213 Å². The van der Waals surface area contributed by atoms with Crippen LogP contribution in [0.15, 0.2) is 152 Å². The van der Waals surface area contributed by atoms with E-state index < -0.39 is 36.1 Å². The molecular weight excluding hydrogens is 865 g/mol. The molecule has 12 nitrogen and oxygen atoms in total. The summed E-state index contributed by atoms with van der Waals surface area (Å²) in [5, 5.41) is 95.9. The zero-order chi connectivity index (χ0) is 47.0. The van der Waals surface area contributed by atoms with Crippen LogP contribution in [0.1, 0.15) is 97.3 Å². The summed E-state index contributed by atoms with van der Waals surface area (Å²) >= 11 is 0. The number of fused-ring (bicyclic) bond motifs is 3.